The molecule has 46 heavy (non-hydrogen) atoms. The van der Waals surface area contributed by atoms with E-state index in [-0.39, 0.29) is 18.8 Å². The van der Waals surface area contributed by atoms with Gasteiger partial charge in [-0.3, -0.25) is 9.36 Å². The van der Waals surface area contributed by atoms with Gasteiger partial charge >= 0.3 is 5.97 Å². The lowest BCUT2D eigenvalue weighted by atomic mass is 9.93. The number of allylic oxidation sites excluding steroid dienone is 1. The number of carbonyl (C=O) groups excluding carboxylic acids is 1. The van der Waals surface area contributed by atoms with Crippen LogP contribution in [0.1, 0.15) is 49.4 Å². The second kappa shape index (κ2) is 14.7. The van der Waals surface area contributed by atoms with Crippen molar-refractivity contribution < 1.29 is 28.5 Å². The summed E-state index contributed by atoms with van der Waals surface area (Å²) < 4.78 is 30.3. The Balaban J connectivity index is 1.63. The summed E-state index contributed by atoms with van der Waals surface area (Å²) in [5.41, 5.74) is 2.72. The summed E-state index contributed by atoms with van der Waals surface area (Å²) in [7, 11) is 4.66. The predicted octanol–water partition coefficient (Wildman–Crippen LogP) is 5.84. The molecule has 2 heterocycles. The maximum atomic E-state index is 14.2. The smallest absolute Gasteiger partial charge is 0.338 e. The predicted molar refractivity (Wildman–Crippen MR) is 178 cm³/mol. The zero-order valence-electron chi connectivity index (χ0n) is 26.3. The number of methoxy groups -OCH3 is 3. The van der Waals surface area contributed by atoms with Gasteiger partial charge in [0.2, 0.25) is 0 Å². The Kier molecular flexibility index (Phi) is 10.5. The molecule has 0 saturated carbocycles. The summed E-state index contributed by atoms with van der Waals surface area (Å²) in [5, 5.41) is 0.617. The van der Waals surface area contributed by atoms with E-state index in [1.807, 2.05) is 37.3 Å². The van der Waals surface area contributed by atoms with Gasteiger partial charge in [0.15, 0.2) is 16.3 Å². The lowest BCUT2D eigenvalue weighted by molar-refractivity contribution is -0.139. The van der Waals surface area contributed by atoms with Crippen molar-refractivity contribution in [3.8, 4) is 23.0 Å². The van der Waals surface area contributed by atoms with Crippen LogP contribution in [0.2, 0.25) is 5.02 Å². The minimum Gasteiger partial charge on any atom is -0.497 e. The Morgan fingerprint density at radius 1 is 0.978 bits per heavy atom. The number of esters is 1. The topological polar surface area (TPSA) is 97.6 Å². The lowest BCUT2D eigenvalue weighted by Crippen LogP contribution is -2.40. The Morgan fingerprint density at radius 3 is 2.43 bits per heavy atom. The Hall–Kier alpha value is -4.54. The lowest BCUT2D eigenvalue weighted by Gasteiger charge is -2.27. The highest BCUT2D eigenvalue weighted by Gasteiger charge is 2.36. The third-order valence-corrected chi connectivity index (χ3v) is 8.80. The molecule has 1 atom stereocenters. The van der Waals surface area contributed by atoms with E-state index in [9.17, 15) is 9.59 Å². The minimum absolute atomic E-state index is 0.175. The van der Waals surface area contributed by atoms with Crippen LogP contribution in [-0.2, 0) is 16.1 Å². The van der Waals surface area contributed by atoms with Crippen molar-refractivity contribution in [2.45, 2.75) is 39.3 Å². The van der Waals surface area contributed by atoms with Crippen molar-refractivity contribution in [3.63, 3.8) is 0 Å². The summed E-state index contributed by atoms with van der Waals surface area (Å²) in [4.78, 5) is 33.1. The van der Waals surface area contributed by atoms with E-state index in [2.05, 4.69) is 0 Å². The molecule has 11 heteroatoms. The van der Waals surface area contributed by atoms with Crippen LogP contribution in [0.25, 0.3) is 6.08 Å². The number of fused-ring (bicyclic) bond motifs is 1. The summed E-state index contributed by atoms with van der Waals surface area (Å²) in [5.74, 6) is 1.56. The normalized spacial score (nSPS) is 14.4. The average Bonchev–Trinajstić information content (AvgIpc) is 3.37. The highest BCUT2D eigenvalue weighted by molar-refractivity contribution is 7.07. The van der Waals surface area contributed by atoms with Crippen LogP contribution in [0.3, 0.4) is 0 Å². The molecule has 0 spiro atoms. The van der Waals surface area contributed by atoms with Gasteiger partial charge in [-0.2, -0.15) is 0 Å². The molecule has 1 aliphatic heterocycles. The fraction of sp³-hybridized carbons (Fsp3) is 0.286. The van der Waals surface area contributed by atoms with Gasteiger partial charge in [0, 0.05) is 16.1 Å². The molecule has 0 bridgehead atoms. The highest BCUT2D eigenvalue weighted by Crippen LogP contribution is 2.39. The van der Waals surface area contributed by atoms with Gasteiger partial charge in [0.1, 0.15) is 24.1 Å². The Labute approximate surface area is 275 Å². The number of hydrogen-bond acceptors (Lipinski definition) is 9. The number of aromatic nitrogens is 1. The van der Waals surface area contributed by atoms with Crippen molar-refractivity contribution in [2.75, 3.05) is 27.9 Å². The first-order valence-corrected chi connectivity index (χ1v) is 16.0. The van der Waals surface area contributed by atoms with Crippen LogP contribution in [0.4, 0.5) is 0 Å². The van der Waals surface area contributed by atoms with Crippen LogP contribution < -0.4 is 33.8 Å². The van der Waals surface area contributed by atoms with Crippen molar-refractivity contribution in [1.29, 1.82) is 0 Å². The average molecular weight is 663 g/mol. The van der Waals surface area contributed by atoms with Gasteiger partial charge in [-0.1, -0.05) is 60.5 Å². The maximum Gasteiger partial charge on any atom is 0.338 e. The first kappa shape index (κ1) is 32.8. The van der Waals surface area contributed by atoms with Crippen molar-refractivity contribution in [2.24, 2.45) is 4.99 Å². The van der Waals surface area contributed by atoms with E-state index in [1.54, 1.807) is 64.7 Å². The van der Waals surface area contributed by atoms with E-state index in [0.29, 0.717) is 60.6 Å². The molecule has 0 amide bonds. The van der Waals surface area contributed by atoms with Gasteiger partial charge in [0.05, 0.1) is 43.7 Å². The van der Waals surface area contributed by atoms with Crippen LogP contribution in [0.5, 0.6) is 23.0 Å². The summed E-state index contributed by atoms with van der Waals surface area (Å²) >= 11 is 7.54. The number of rotatable bonds is 12. The molecule has 0 radical (unpaired) electrons. The first-order chi connectivity index (χ1) is 22.3. The van der Waals surface area contributed by atoms with Gasteiger partial charge in [0.25, 0.3) is 5.56 Å². The SMILES string of the molecule is CCCC1=C(C(=O)OCC)[C@@H](c2cc(OC)ccc2OC)n2c(s/c(=C\c3ccc(OCc4ccccc4Cl)c(OC)c3)c2=O)=N1. The number of carbonyl (C=O) groups is 1. The van der Waals surface area contributed by atoms with Gasteiger partial charge in [-0.05, 0) is 61.4 Å². The molecule has 0 aliphatic carbocycles. The van der Waals surface area contributed by atoms with Crippen LogP contribution in [-0.4, -0.2) is 38.5 Å². The third-order valence-electron chi connectivity index (χ3n) is 7.45. The fourth-order valence-electron chi connectivity index (χ4n) is 5.28. The second-order valence-corrected chi connectivity index (χ2v) is 11.7. The van der Waals surface area contributed by atoms with Crippen molar-refractivity contribution >= 4 is 35.0 Å². The van der Waals surface area contributed by atoms with E-state index in [0.717, 1.165) is 17.5 Å². The Morgan fingerprint density at radius 2 is 1.74 bits per heavy atom. The molecule has 240 valence electrons. The number of benzene rings is 3. The summed E-state index contributed by atoms with van der Waals surface area (Å²) in [6.07, 6.45) is 3.04. The molecule has 1 aliphatic rings. The van der Waals surface area contributed by atoms with Crippen molar-refractivity contribution in [1.82, 2.24) is 4.57 Å². The number of nitrogens with zero attached hydrogens (tertiary/aromatic N) is 2. The van der Waals surface area contributed by atoms with Gasteiger partial charge < -0.3 is 23.7 Å². The van der Waals surface area contributed by atoms with E-state index in [1.165, 1.54) is 15.9 Å². The zero-order valence-corrected chi connectivity index (χ0v) is 27.9. The molecular formula is C35H35ClN2O7S. The van der Waals surface area contributed by atoms with E-state index < -0.39 is 12.0 Å². The first-order valence-electron chi connectivity index (χ1n) is 14.8. The van der Waals surface area contributed by atoms with Gasteiger partial charge in [-0.15, -0.1) is 0 Å². The summed E-state index contributed by atoms with van der Waals surface area (Å²) in [6.45, 7) is 4.20. The number of hydrogen-bond donors (Lipinski definition) is 0. The molecule has 9 nitrogen and oxygen atoms in total. The number of thiazole rings is 1. The fourth-order valence-corrected chi connectivity index (χ4v) is 6.49. The molecule has 1 aromatic heterocycles. The molecule has 0 fully saturated rings. The largest absolute Gasteiger partial charge is 0.497 e. The molecule has 0 N–H and O–H groups in total. The molecule has 5 rings (SSSR count). The standard InChI is InChI=1S/C35H35ClN2O7S/c1-6-10-26-31(34(40)44-7-2)32(24-19-23(41-3)14-16-27(24)42-4)38-33(39)30(46-35(38)37-26)18-21-13-15-28(29(17-21)43-5)45-20-22-11-8-9-12-25(22)36/h8-9,11-19,32H,6-7,10,20H2,1-5H3/b30-18-/t32-/m1/s1. The highest BCUT2D eigenvalue weighted by atomic mass is 35.5. The Bertz CT molecular complexity index is 1960. The van der Waals surface area contributed by atoms with E-state index >= 15 is 0 Å². The molecular weight excluding hydrogens is 628 g/mol. The molecule has 0 unspecified atom stereocenters. The molecule has 3 aromatic carbocycles. The third kappa shape index (κ3) is 6.68. The number of ether oxygens (including phenoxy) is 5. The number of halogens is 1. The second-order valence-electron chi connectivity index (χ2n) is 10.3. The summed E-state index contributed by atoms with van der Waals surface area (Å²) in [6, 6.07) is 17.4. The maximum absolute atomic E-state index is 14.2. The quantitative estimate of drug-likeness (QED) is 0.176. The molecule has 4 aromatic rings. The minimum atomic E-state index is -0.848. The molecule has 0 saturated heterocycles. The van der Waals surface area contributed by atoms with Crippen LogP contribution in [0.15, 0.2) is 81.7 Å². The van der Waals surface area contributed by atoms with Gasteiger partial charge in [-0.25, -0.2) is 9.79 Å². The van der Waals surface area contributed by atoms with Crippen molar-refractivity contribution in [3.05, 3.63) is 113 Å². The van der Waals surface area contributed by atoms with Crippen LogP contribution >= 0.6 is 22.9 Å². The van der Waals surface area contributed by atoms with E-state index in [4.69, 9.17) is 40.3 Å². The monoisotopic (exact) mass is 662 g/mol. The van der Waals surface area contributed by atoms with Crippen LogP contribution in [0, 0.1) is 0 Å². The zero-order chi connectivity index (χ0) is 32.8.